The second-order valence-electron chi connectivity index (χ2n) is 6.95. The van der Waals surface area contributed by atoms with Gasteiger partial charge in [-0.25, -0.2) is 4.79 Å². The zero-order valence-electron chi connectivity index (χ0n) is 16.3. The van der Waals surface area contributed by atoms with Crippen LogP contribution in [0.5, 0.6) is 5.75 Å². The second-order valence-corrected chi connectivity index (χ2v) is 7.79. The first-order chi connectivity index (χ1) is 14.5. The van der Waals surface area contributed by atoms with E-state index >= 15 is 0 Å². The van der Waals surface area contributed by atoms with Crippen molar-refractivity contribution in [1.29, 1.82) is 0 Å². The van der Waals surface area contributed by atoms with Crippen LogP contribution >= 0.6 is 23.2 Å². The summed E-state index contributed by atoms with van der Waals surface area (Å²) in [5.41, 5.74) is 1.28. The van der Waals surface area contributed by atoms with Crippen molar-refractivity contribution in [2.75, 3.05) is 19.0 Å². The van der Waals surface area contributed by atoms with Crippen LogP contribution in [0.3, 0.4) is 0 Å². The number of aromatic nitrogens is 2. The molecule has 1 N–H and O–H groups in total. The number of piperidine rings is 1. The molecule has 1 aromatic heterocycles. The molecule has 2 aromatic carbocycles. The minimum Gasteiger partial charge on any atom is -0.497 e. The number of hydrogen-bond acceptors (Lipinski definition) is 5. The Morgan fingerprint density at radius 2 is 2.10 bits per heavy atom. The van der Waals surface area contributed by atoms with Crippen molar-refractivity contribution in [2.24, 2.45) is 0 Å². The van der Waals surface area contributed by atoms with Gasteiger partial charge in [-0.15, -0.1) is 0 Å². The number of methoxy groups -OCH3 is 1. The van der Waals surface area contributed by atoms with Crippen LogP contribution in [0.4, 0.5) is 10.5 Å². The Bertz CT molecular complexity index is 1060. The van der Waals surface area contributed by atoms with Crippen LogP contribution < -0.4 is 10.1 Å². The molecule has 1 fully saturated rings. The van der Waals surface area contributed by atoms with Gasteiger partial charge in [0.2, 0.25) is 11.7 Å². The van der Waals surface area contributed by atoms with E-state index in [0.717, 1.165) is 24.8 Å². The van der Waals surface area contributed by atoms with Gasteiger partial charge in [-0.3, -0.25) is 0 Å². The molecule has 2 heterocycles. The molecule has 2 amide bonds. The van der Waals surface area contributed by atoms with Crippen molar-refractivity contribution in [3.8, 4) is 17.1 Å². The number of rotatable bonds is 4. The summed E-state index contributed by atoms with van der Waals surface area (Å²) in [6.45, 7) is 0.582. The third-order valence-electron chi connectivity index (χ3n) is 4.99. The van der Waals surface area contributed by atoms with Gasteiger partial charge in [-0.1, -0.05) is 40.5 Å². The van der Waals surface area contributed by atoms with Gasteiger partial charge in [0.1, 0.15) is 11.8 Å². The lowest BCUT2D eigenvalue weighted by atomic mass is 10.0. The molecule has 1 aliphatic rings. The van der Waals surface area contributed by atoms with Gasteiger partial charge in [0.25, 0.3) is 0 Å². The average Bonchev–Trinajstić information content (AvgIpc) is 3.26. The van der Waals surface area contributed by atoms with Crippen LogP contribution in [0.1, 0.15) is 31.2 Å². The molecule has 1 atom stereocenters. The van der Waals surface area contributed by atoms with Crippen LogP contribution in [0, 0.1) is 0 Å². The molecule has 0 spiro atoms. The van der Waals surface area contributed by atoms with Crippen molar-refractivity contribution < 1.29 is 14.1 Å². The van der Waals surface area contributed by atoms with E-state index in [9.17, 15) is 4.79 Å². The van der Waals surface area contributed by atoms with Crippen molar-refractivity contribution in [1.82, 2.24) is 15.0 Å². The summed E-state index contributed by atoms with van der Waals surface area (Å²) in [6.07, 6.45) is 2.60. The highest BCUT2D eigenvalue weighted by atomic mass is 35.5. The van der Waals surface area contributed by atoms with Gasteiger partial charge in [-0.2, -0.15) is 4.98 Å². The predicted octanol–water partition coefficient (Wildman–Crippen LogP) is 5.81. The third-order valence-corrected chi connectivity index (χ3v) is 5.54. The fourth-order valence-corrected chi connectivity index (χ4v) is 3.91. The number of carbonyl (C=O) groups excluding carboxylic acids is 1. The molecule has 0 radical (unpaired) electrons. The molecule has 1 saturated heterocycles. The number of likely N-dealkylation sites (tertiary alicyclic amines) is 1. The lowest BCUT2D eigenvalue weighted by Gasteiger charge is -2.33. The van der Waals surface area contributed by atoms with Crippen LogP contribution in [0.2, 0.25) is 10.0 Å². The first kappa shape index (κ1) is 20.5. The molecule has 1 unspecified atom stereocenters. The molecule has 7 nitrogen and oxygen atoms in total. The maximum atomic E-state index is 13.0. The highest BCUT2D eigenvalue weighted by Gasteiger charge is 2.32. The van der Waals surface area contributed by atoms with Gasteiger partial charge in [-0.05, 0) is 49.6 Å². The van der Waals surface area contributed by atoms with Gasteiger partial charge in [0.15, 0.2) is 0 Å². The largest absolute Gasteiger partial charge is 0.497 e. The smallest absolute Gasteiger partial charge is 0.322 e. The summed E-state index contributed by atoms with van der Waals surface area (Å²) >= 11 is 12.1. The summed E-state index contributed by atoms with van der Waals surface area (Å²) in [4.78, 5) is 19.2. The Morgan fingerprint density at radius 3 is 2.90 bits per heavy atom. The van der Waals surface area contributed by atoms with Crippen LogP contribution in [0.15, 0.2) is 47.0 Å². The minimum absolute atomic E-state index is 0.273. The van der Waals surface area contributed by atoms with Crippen LogP contribution in [0.25, 0.3) is 11.4 Å². The summed E-state index contributed by atoms with van der Waals surface area (Å²) < 4.78 is 10.8. The molecule has 9 heteroatoms. The molecule has 0 bridgehead atoms. The Kier molecular flexibility index (Phi) is 6.11. The zero-order chi connectivity index (χ0) is 21.1. The monoisotopic (exact) mass is 446 g/mol. The average molecular weight is 447 g/mol. The van der Waals surface area contributed by atoms with Crippen molar-refractivity contribution in [3.05, 3.63) is 58.4 Å². The molecule has 0 saturated carbocycles. The third kappa shape index (κ3) is 4.37. The molecule has 4 rings (SSSR count). The number of hydrogen-bond donors (Lipinski definition) is 1. The quantitative estimate of drug-likeness (QED) is 0.546. The van der Waals surface area contributed by atoms with Gasteiger partial charge in [0, 0.05) is 17.1 Å². The van der Waals surface area contributed by atoms with Gasteiger partial charge >= 0.3 is 6.03 Å². The van der Waals surface area contributed by atoms with Crippen LogP contribution in [-0.2, 0) is 0 Å². The first-order valence-electron chi connectivity index (χ1n) is 9.56. The Morgan fingerprint density at radius 1 is 1.23 bits per heavy atom. The molecule has 1 aliphatic heterocycles. The maximum absolute atomic E-state index is 13.0. The van der Waals surface area contributed by atoms with Crippen molar-refractivity contribution >= 4 is 34.9 Å². The topological polar surface area (TPSA) is 80.5 Å². The Hall–Kier alpha value is -2.77. The van der Waals surface area contributed by atoms with Gasteiger partial charge in [0.05, 0.1) is 17.8 Å². The number of urea groups is 1. The normalized spacial score (nSPS) is 16.4. The zero-order valence-corrected chi connectivity index (χ0v) is 17.8. The number of nitrogens with zero attached hydrogens (tertiary/aromatic N) is 3. The fourth-order valence-electron chi connectivity index (χ4n) is 3.46. The summed E-state index contributed by atoms with van der Waals surface area (Å²) in [5, 5.41) is 7.84. The first-order valence-corrected chi connectivity index (χ1v) is 10.3. The molecule has 0 aliphatic carbocycles. The van der Waals surface area contributed by atoms with Crippen molar-refractivity contribution in [2.45, 2.75) is 25.3 Å². The fraction of sp³-hybridized carbons (Fsp3) is 0.286. The number of anilines is 1. The van der Waals surface area contributed by atoms with E-state index < -0.39 is 0 Å². The number of halogens is 2. The Balaban J connectivity index is 1.55. The number of benzene rings is 2. The Labute approximate surface area is 183 Å². The van der Waals surface area contributed by atoms with E-state index in [2.05, 4.69) is 15.5 Å². The highest BCUT2D eigenvalue weighted by molar-refractivity contribution is 6.36. The van der Waals surface area contributed by atoms with Crippen molar-refractivity contribution in [3.63, 3.8) is 0 Å². The van der Waals surface area contributed by atoms with E-state index in [1.165, 1.54) is 0 Å². The molecule has 3 aromatic rings. The van der Waals surface area contributed by atoms with Crippen LogP contribution in [-0.4, -0.2) is 34.7 Å². The SMILES string of the molecule is COc1cccc(-c2noc(C3CCCCN3C(=O)Nc3ccc(Cl)cc3Cl)n2)c1. The predicted molar refractivity (Wildman–Crippen MR) is 115 cm³/mol. The lowest BCUT2D eigenvalue weighted by molar-refractivity contribution is 0.142. The summed E-state index contributed by atoms with van der Waals surface area (Å²) in [7, 11) is 1.60. The van der Waals surface area contributed by atoms with E-state index in [0.29, 0.717) is 39.7 Å². The standard InChI is InChI=1S/C21H20Cl2N4O3/c1-29-15-6-4-5-13(11-15)19-25-20(30-26-19)18-7-2-3-10-27(18)21(28)24-17-9-8-14(22)12-16(17)23/h4-6,8-9,11-12,18H,2-3,7,10H2,1H3,(H,24,28). The molecule has 156 valence electrons. The van der Waals surface area contributed by atoms with E-state index in [1.807, 2.05) is 24.3 Å². The molecular weight excluding hydrogens is 427 g/mol. The molecular formula is C21H20Cl2N4O3. The number of ether oxygens (including phenoxy) is 1. The summed E-state index contributed by atoms with van der Waals surface area (Å²) in [5.74, 6) is 1.57. The van der Waals surface area contributed by atoms with E-state index in [1.54, 1.807) is 30.2 Å². The minimum atomic E-state index is -0.309. The number of carbonyl (C=O) groups is 1. The number of amides is 2. The molecule has 30 heavy (non-hydrogen) atoms. The van der Waals surface area contributed by atoms with Gasteiger partial charge < -0.3 is 19.5 Å². The maximum Gasteiger partial charge on any atom is 0.322 e. The lowest BCUT2D eigenvalue weighted by Crippen LogP contribution is -2.41. The summed E-state index contributed by atoms with van der Waals surface area (Å²) in [6, 6.07) is 11.8. The number of nitrogens with one attached hydrogen (secondary N) is 1. The highest BCUT2D eigenvalue weighted by Crippen LogP contribution is 2.33. The van der Waals surface area contributed by atoms with E-state index in [4.69, 9.17) is 32.5 Å². The van der Waals surface area contributed by atoms with E-state index in [-0.39, 0.29) is 12.1 Å². The second kappa shape index (κ2) is 8.93.